The summed E-state index contributed by atoms with van der Waals surface area (Å²) in [5.41, 5.74) is 15.2. The molecule has 24 heavy (non-hydrogen) atoms. The number of rotatable bonds is 4. The summed E-state index contributed by atoms with van der Waals surface area (Å²) in [5, 5.41) is 0. The number of anilines is 1. The molecule has 0 bridgehead atoms. The van der Waals surface area contributed by atoms with Crippen LogP contribution in [0.15, 0.2) is 54.6 Å². The van der Waals surface area contributed by atoms with Crippen LogP contribution in [0.3, 0.4) is 0 Å². The second-order valence-corrected chi connectivity index (χ2v) is 6.33. The summed E-state index contributed by atoms with van der Waals surface area (Å²) in [6.07, 6.45) is 1.61. The van der Waals surface area contributed by atoms with Crippen LogP contribution in [0.25, 0.3) is 0 Å². The first-order chi connectivity index (χ1) is 11.8. The molecule has 0 radical (unpaired) electrons. The minimum absolute atomic E-state index is 0.0562. The average molecular weight is 323 g/mol. The molecule has 2 aromatic carbocycles. The van der Waals surface area contributed by atoms with Gasteiger partial charge in [-0.05, 0) is 35.6 Å². The fourth-order valence-electron chi connectivity index (χ4n) is 3.37. The van der Waals surface area contributed by atoms with Crippen molar-refractivity contribution in [3.8, 4) is 0 Å². The summed E-state index contributed by atoms with van der Waals surface area (Å²) in [7, 11) is 0. The van der Waals surface area contributed by atoms with Gasteiger partial charge in [0.1, 0.15) is 6.17 Å². The zero-order chi connectivity index (χ0) is 16.4. The van der Waals surface area contributed by atoms with E-state index < -0.39 is 0 Å². The molecule has 4 N–H and O–H groups in total. The largest absolute Gasteiger partial charge is 0.312 e. The van der Waals surface area contributed by atoms with Crippen LogP contribution < -0.4 is 26.8 Å². The lowest BCUT2D eigenvalue weighted by atomic mass is 9.97. The van der Waals surface area contributed by atoms with Crippen molar-refractivity contribution in [3.05, 3.63) is 65.7 Å². The molecule has 1 unspecified atom stereocenters. The molecule has 2 aliphatic rings. The van der Waals surface area contributed by atoms with Crippen molar-refractivity contribution >= 4 is 11.6 Å². The molecule has 2 fully saturated rings. The van der Waals surface area contributed by atoms with Gasteiger partial charge in [0.25, 0.3) is 0 Å². The molecule has 0 aromatic heterocycles. The van der Waals surface area contributed by atoms with Crippen LogP contribution in [-0.4, -0.2) is 12.5 Å². The number of carbonyl (C=O) groups is 1. The average Bonchev–Trinajstić information content (AvgIpc) is 3.26. The molecule has 0 spiro atoms. The van der Waals surface area contributed by atoms with E-state index >= 15 is 0 Å². The molecule has 0 saturated carbocycles. The highest BCUT2D eigenvalue weighted by molar-refractivity contribution is 5.95. The van der Waals surface area contributed by atoms with Crippen LogP contribution in [0.1, 0.15) is 23.7 Å². The zero-order valence-electron chi connectivity index (χ0n) is 13.3. The number of para-hydroxylation sites is 1. The van der Waals surface area contributed by atoms with Crippen LogP contribution in [0.4, 0.5) is 5.69 Å². The van der Waals surface area contributed by atoms with Gasteiger partial charge in [-0.15, -0.1) is 0 Å². The van der Waals surface area contributed by atoms with Gasteiger partial charge in [0.15, 0.2) is 0 Å². The first-order valence-electron chi connectivity index (χ1n) is 8.25. The third kappa shape index (κ3) is 3.18. The molecule has 4 rings (SSSR count). The number of nitrogens with zero attached hydrogens (tertiary/aromatic N) is 1. The molecule has 6 heteroatoms. The lowest BCUT2D eigenvalue weighted by Gasteiger charge is -2.17. The Morgan fingerprint density at radius 3 is 2.38 bits per heavy atom. The summed E-state index contributed by atoms with van der Waals surface area (Å²) in [6.45, 7) is 0.796. The van der Waals surface area contributed by atoms with Crippen molar-refractivity contribution < 1.29 is 4.79 Å². The highest BCUT2D eigenvalue weighted by Gasteiger charge is 2.30. The van der Waals surface area contributed by atoms with Gasteiger partial charge in [0, 0.05) is 18.7 Å². The number of hydrogen-bond acceptors (Lipinski definition) is 5. The maximum Gasteiger partial charge on any atom is 0.227 e. The van der Waals surface area contributed by atoms with Gasteiger partial charge in [-0.1, -0.05) is 42.5 Å². The second kappa shape index (κ2) is 6.70. The fraction of sp³-hybridized carbons (Fsp3) is 0.278. The van der Waals surface area contributed by atoms with Crippen LogP contribution in [0, 0.1) is 5.92 Å². The Morgan fingerprint density at radius 1 is 0.958 bits per heavy atom. The van der Waals surface area contributed by atoms with E-state index in [4.69, 9.17) is 0 Å². The van der Waals surface area contributed by atoms with Crippen molar-refractivity contribution in [2.24, 2.45) is 5.92 Å². The van der Waals surface area contributed by atoms with Gasteiger partial charge < -0.3 is 4.90 Å². The van der Waals surface area contributed by atoms with Crippen molar-refractivity contribution in [2.45, 2.75) is 19.0 Å². The predicted octanol–water partition coefficient (Wildman–Crippen LogP) is 1.40. The van der Waals surface area contributed by atoms with Gasteiger partial charge in [-0.2, -0.15) is 11.1 Å². The van der Waals surface area contributed by atoms with Gasteiger partial charge >= 0.3 is 0 Å². The van der Waals surface area contributed by atoms with E-state index in [2.05, 4.69) is 46.2 Å². The first kappa shape index (κ1) is 15.3. The molecular formula is C18H21N5O. The SMILES string of the molecule is O=C1CC(Cc2ccc(C3NNNN3)cc2)CN1c1ccccc1. The molecule has 1 amide bonds. The van der Waals surface area contributed by atoms with Crippen LogP contribution in [-0.2, 0) is 11.2 Å². The number of nitrogens with one attached hydrogen (secondary N) is 4. The number of hydrogen-bond donors (Lipinski definition) is 4. The van der Waals surface area contributed by atoms with Gasteiger partial charge in [-0.3, -0.25) is 4.79 Å². The molecule has 6 nitrogen and oxygen atoms in total. The maximum atomic E-state index is 12.3. The smallest absolute Gasteiger partial charge is 0.227 e. The Labute approximate surface area is 141 Å². The standard InChI is InChI=1S/C18H21N5O/c24-17-11-14(12-23(17)16-4-2-1-3-5-16)10-13-6-8-15(9-7-13)18-19-21-22-20-18/h1-9,14,18-22H,10-12H2. The second-order valence-electron chi connectivity index (χ2n) is 6.33. The minimum Gasteiger partial charge on any atom is -0.312 e. The van der Waals surface area contributed by atoms with Crippen LogP contribution >= 0.6 is 0 Å². The first-order valence-corrected chi connectivity index (χ1v) is 8.25. The Bertz CT molecular complexity index is 697. The highest BCUT2D eigenvalue weighted by Crippen LogP contribution is 2.27. The van der Waals surface area contributed by atoms with E-state index in [1.807, 2.05) is 35.2 Å². The van der Waals surface area contributed by atoms with Crippen molar-refractivity contribution in [1.29, 1.82) is 0 Å². The lowest BCUT2D eigenvalue weighted by molar-refractivity contribution is -0.117. The Hall–Kier alpha value is -2.25. The van der Waals surface area contributed by atoms with E-state index in [9.17, 15) is 4.79 Å². The summed E-state index contributed by atoms with van der Waals surface area (Å²) in [4.78, 5) is 14.2. The zero-order valence-corrected chi connectivity index (χ0v) is 13.3. The topological polar surface area (TPSA) is 68.4 Å². The number of benzene rings is 2. The van der Waals surface area contributed by atoms with E-state index in [1.54, 1.807) is 0 Å². The fourth-order valence-corrected chi connectivity index (χ4v) is 3.37. The Kier molecular flexibility index (Phi) is 4.27. The third-order valence-corrected chi connectivity index (χ3v) is 4.61. The molecule has 2 aliphatic heterocycles. The van der Waals surface area contributed by atoms with Crippen molar-refractivity contribution in [3.63, 3.8) is 0 Å². The third-order valence-electron chi connectivity index (χ3n) is 4.61. The van der Waals surface area contributed by atoms with Gasteiger partial charge in [0.05, 0.1) is 0 Å². The molecule has 2 saturated heterocycles. The molecular weight excluding hydrogens is 302 g/mol. The quantitative estimate of drug-likeness (QED) is 0.685. The van der Waals surface area contributed by atoms with Crippen molar-refractivity contribution in [2.75, 3.05) is 11.4 Å². The summed E-state index contributed by atoms with van der Waals surface area (Å²) in [6, 6.07) is 18.4. The van der Waals surface area contributed by atoms with Crippen LogP contribution in [0.5, 0.6) is 0 Å². The minimum atomic E-state index is 0.0562. The van der Waals surface area contributed by atoms with E-state index in [1.165, 1.54) is 5.56 Å². The molecule has 124 valence electrons. The highest BCUT2D eigenvalue weighted by atomic mass is 16.2. The number of carbonyl (C=O) groups excluding carboxylic acids is 1. The number of amides is 1. The molecule has 0 aliphatic carbocycles. The van der Waals surface area contributed by atoms with E-state index in [0.29, 0.717) is 12.3 Å². The van der Waals surface area contributed by atoms with Crippen LogP contribution in [0.2, 0.25) is 0 Å². The Morgan fingerprint density at radius 2 is 1.67 bits per heavy atom. The Balaban J connectivity index is 1.40. The monoisotopic (exact) mass is 323 g/mol. The van der Waals surface area contributed by atoms with E-state index in [0.717, 1.165) is 24.2 Å². The number of hydrazine groups is 3. The summed E-state index contributed by atoms with van der Waals surface area (Å²) in [5.74, 6) is 0.592. The normalized spacial score (nSPS) is 21.6. The molecule has 1 atom stereocenters. The summed E-state index contributed by atoms with van der Waals surface area (Å²) >= 11 is 0. The predicted molar refractivity (Wildman–Crippen MR) is 92.3 cm³/mol. The lowest BCUT2D eigenvalue weighted by Crippen LogP contribution is -2.33. The molecule has 2 aromatic rings. The molecule has 2 heterocycles. The van der Waals surface area contributed by atoms with Gasteiger partial charge in [-0.25, -0.2) is 10.9 Å². The van der Waals surface area contributed by atoms with Crippen molar-refractivity contribution in [1.82, 2.24) is 21.9 Å². The van der Waals surface area contributed by atoms with E-state index in [-0.39, 0.29) is 12.1 Å². The maximum absolute atomic E-state index is 12.3. The summed E-state index contributed by atoms with van der Waals surface area (Å²) < 4.78 is 0. The van der Waals surface area contributed by atoms with Gasteiger partial charge in [0.2, 0.25) is 5.91 Å².